The first-order chi connectivity index (χ1) is 14.6. The third-order valence-electron chi connectivity index (χ3n) is 8.09. The summed E-state index contributed by atoms with van der Waals surface area (Å²) in [4.78, 5) is 30.9. The second-order valence-corrected chi connectivity index (χ2v) is 11.3. The topological polar surface area (TPSA) is 73.6 Å². The molecule has 0 amide bonds. The lowest BCUT2D eigenvalue weighted by Gasteiger charge is -2.55. The van der Waals surface area contributed by atoms with E-state index >= 15 is 0 Å². The van der Waals surface area contributed by atoms with Crippen molar-refractivity contribution in [2.75, 3.05) is 0 Å². The molecule has 5 aliphatic rings. The summed E-state index contributed by atoms with van der Waals surface area (Å²) in [5, 5.41) is 5.57. The largest absolute Gasteiger partial charge is 0.459 e. The molecule has 0 spiro atoms. The summed E-state index contributed by atoms with van der Waals surface area (Å²) in [7, 11) is 0. The summed E-state index contributed by atoms with van der Waals surface area (Å²) >= 11 is 1.51. The maximum atomic E-state index is 13.1. The van der Waals surface area contributed by atoms with E-state index < -0.39 is 0 Å². The number of aromatic nitrogens is 3. The molecule has 0 atom stereocenters. The molecule has 0 aromatic carbocycles. The van der Waals surface area contributed by atoms with Crippen molar-refractivity contribution >= 4 is 22.3 Å². The van der Waals surface area contributed by atoms with Crippen LogP contribution in [0.3, 0.4) is 0 Å². The zero-order chi connectivity index (χ0) is 20.3. The number of hydrogen-bond acceptors (Lipinski definition) is 6. The highest BCUT2D eigenvalue weighted by atomic mass is 32.1. The maximum Gasteiger partial charge on any atom is 0.312 e. The van der Waals surface area contributed by atoms with Crippen molar-refractivity contribution in [2.45, 2.75) is 83.2 Å². The summed E-state index contributed by atoms with van der Waals surface area (Å²) in [5.74, 6) is 2.51. The van der Waals surface area contributed by atoms with E-state index in [0.29, 0.717) is 34.3 Å². The highest BCUT2D eigenvalue weighted by molar-refractivity contribution is 7.16. The van der Waals surface area contributed by atoms with Crippen LogP contribution in [0.5, 0.6) is 0 Å². The zero-order valence-corrected chi connectivity index (χ0v) is 18.2. The summed E-state index contributed by atoms with van der Waals surface area (Å²) < 4.78 is 7.19. The minimum Gasteiger partial charge on any atom is -0.459 e. The summed E-state index contributed by atoms with van der Waals surface area (Å²) in [6.45, 7) is 0.0863. The van der Waals surface area contributed by atoms with Crippen LogP contribution in [0.15, 0.2) is 10.9 Å². The van der Waals surface area contributed by atoms with Crippen LogP contribution in [0.2, 0.25) is 0 Å². The molecule has 2 heterocycles. The van der Waals surface area contributed by atoms with Crippen molar-refractivity contribution in [1.82, 2.24) is 14.6 Å². The van der Waals surface area contributed by atoms with Crippen LogP contribution in [-0.4, -0.2) is 20.6 Å². The fourth-order valence-electron chi connectivity index (χ4n) is 7.11. The maximum absolute atomic E-state index is 13.1. The lowest BCUT2D eigenvalue weighted by Crippen LogP contribution is -2.50. The first kappa shape index (κ1) is 19.0. The van der Waals surface area contributed by atoms with Crippen LogP contribution in [0.1, 0.15) is 87.2 Å². The van der Waals surface area contributed by atoms with Crippen molar-refractivity contribution in [3.8, 4) is 0 Å². The molecular weight excluding hydrogens is 398 g/mol. The molecule has 0 unspecified atom stereocenters. The fourth-order valence-corrected chi connectivity index (χ4v) is 8.20. The molecule has 2 aromatic rings. The quantitative estimate of drug-likeness (QED) is 0.674. The molecule has 0 N–H and O–H groups in total. The summed E-state index contributed by atoms with van der Waals surface area (Å²) in [6.07, 6.45) is 12.9. The van der Waals surface area contributed by atoms with E-state index in [1.54, 1.807) is 0 Å². The third kappa shape index (κ3) is 3.20. The molecule has 2 aromatic heterocycles. The van der Waals surface area contributed by atoms with Gasteiger partial charge in [0.15, 0.2) is 0 Å². The van der Waals surface area contributed by atoms with Crippen molar-refractivity contribution in [3.63, 3.8) is 0 Å². The lowest BCUT2D eigenvalue weighted by molar-refractivity contribution is -0.173. The first-order valence-electron chi connectivity index (χ1n) is 11.6. The van der Waals surface area contributed by atoms with E-state index in [4.69, 9.17) is 4.74 Å². The number of fused-ring (bicyclic) bond motifs is 1. The predicted molar refractivity (Wildman–Crippen MR) is 113 cm³/mol. The molecule has 4 bridgehead atoms. The standard InChI is InChI=1S/C23H29N3O3S/c27-19-9-18(24-22-26(19)25-20(30-22)17-4-2-1-3-5-17)13-29-21(28)23-10-14-6-15(11-23)8-16(7-14)12-23/h9,14-17H,1-8,10-13H2. The summed E-state index contributed by atoms with van der Waals surface area (Å²) in [6, 6.07) is 1.48. The Bertz CT molecular complexity index is 1000. The molecule has 7 rings (SSSR count). The van der Waals surface area contributed by atoms with Crippen LogP contribution < -0.4 is 5.56 Å². The minimum atomic E-state index is -0.271. The van der Waals surface area contributed by atoms with Crippen LogP contribution >= 0.6 is 11.3 Å². The van der Waals surface area contributed by atoms with Gasteiger partial charge in [0.1, 0.15) is 11.6 Å². The number of hydrogen-bond donors (Lipinski definition) is 0. The van der Waals surface area contributed by atoms with Gasteiger partial charge < -0.3 is 4.74 Å². The Morgan fingerprint density at radius 2 is 1.77 bits per heavy atom. The molecule has 0 aliphatic heterocycles. The smallest absolute Gasteiger partial charge is 0.312 e. The number of ether oxygens (including phenoxy) is 1. The fraction of sp³-hybridized carbons (Fsp3) is 0.739. The van der Waals surface area contributed by atoms with Crippen molar-refractivity contribution in [3.05, 3.63) is 27.1 Å². The van der Waals surface area contributed by atoms with Gasteiger partial charge in [0.25, 0.3) is 5.56 Å². The number of carbonyl (C=O) groups is 1. The molecule has 7 heteroatoms. The number of carbonyl (C=O) groups excluding carboxylic acids is 1. The van der Waals surface area contributed by atoms with E-state index in [9.17, 15) is 9.59 Å². The predicted octanol–water partition coefficient (Wildman–Crippen LogP) is 4.46. The van der Waals surface area contributed by atoms with Gasteiger partial charge in [-0.15, -0.1) is 0 Å². The Kier molecular flexibility index (Phi) is 4.52. The average Bonchev–Trinajstić information content (AvgIpc) is 3.16. The van der Waals surface area contributed by atoms with Gasteiger partial charge in [0, 0.05) is 12.0 Å². The summed E-state index contributed by atoms with van der Waals surface area (Å²) in [5.41, 5.74) is 0.0862. The van der Waals surface area contributed by atoms with Gasteiger partial charge in [0.05, 0.1) is 11.1 Å². The molecule has 5 aliphatic carbocycles. The monoisotopic (exact) mass is 427 g/mol. The lowest BCUT2D eigenvalue weighted by atomic mass is 9.49. The molecule has 5 saturated carbocycles. The number of esters is 1. The van der Waals surface area contributed by atoms with E-state index in [1.807, 2.05) is 0 Å². The van der Waals surface area contributed by atoms with Gasteiger partial charge in [0.2, 0.25) is 4.96 Å². The second-order valence-electron chi connectivity index (χ2n) is 10.3. The number of rotatable bonds is 4. The minimum absolute atomic E-state index is 0.0594. The van der Waals surface area contributed by atoms with Crippen molar-refractivity contribution in [1.29, 1.82) is 0 Å². The highest BCUT2D eigenvalue weighted by Gasteiger charge is 2.55. The normalized spacial score (nSPS) is 33.3. The Labute approximate surface area is 180 Å². The van der Waals surface area contributed by atoms with E-state index in [-0.39, 0.29) is 23.6 Å². The van der Waals surface area contributed by atoms with E-state index in [2.05, 4.69) is 10.1 Å². The molecule has 5 fully saturated rings. The SMILES string of the molecule is O=C(OCc1cc(=O)n2nc(C3CCCCC3)sc2n1)C12CC3CC(CC(C3)C1)C2. The van der Waals surface area contributed by atoms with Crippen molar-refractivity contribution in [2.24, 2.45) is 23.2 Å². The average molecular weight is 428 g/mol. The van der Waals surface area contributed by atoms with Gasteiger partial charge in [-0.2, -0.15) is 9.61 Å². The van der Waals surface area contributed by atoms with Gasteiger partial charge in [-0.25, -0.2) is 4.98 Å². The van der Waals surface area contributed by atoms with Crippen LogP contribution in [0, 0.1) is 23.2 Å². The van der Waals surface area contributed by atoms with Crippen LogP contribution in [0.4, 0.5) is 0 Å². The Morgan fingerprint density at radius 1 is 1.10 bits per heavy atom. The van der Waals surface area contributed by atoms with Gasteiger partial charge in [-0.3, -0.25) is 9.59 Å². The molecule has 30 heavy (non-hydrogen) atoms. The van der Waals surface area contributed by atoms with Gasteiger partial charge in [-0.1, -0.05) is 30.6 Å². The van der Waals surface area contributed by atoms with E-state index in [0.717, 1.165) is 37.1 Å². The van der Waals surface area contributed by atoms with E-state index in [1.165, 1.54) is 60.4 Å². The Morgan fingerprint density at radius 3 is 2.43 bits per heavy atom. The first-order valence-corrected chi connectivity index (χ1v) is 12.5. The zero-order valence-electron chi connectivity index (χ0n) is 17.3. The van der Waals surface area contributed by atoms with Crippen LogP contribution in [-0.2, 0) is 16.1 Å². The molecule has 0 saturated heterocycles. The second kappa shape index (κ2) is 7.14. The van der Waals surface area contributed by atoms with Crippen molar-refractivity contribution < 1.29 is 9.53 Å². The Hall–Kier alpha value is -1.76. The Balaban J connectivity index is 1.19. The molecule has 0 radical (unpaired) electrons. The van der Waals surface area contributed by atoms with Gasteiger partial charge in [-0.05, 0) is 69.1 Å². The molecule has 6 nitrogen and oxygen atoms in total. The molecular formula is C23H29N3O3S. The van der Waals surface area contributed by atoms with Crippen LogP contribution in [0.25, 0.3) is 4.96 Å². The highest BCUT2D eigenvalue weighted by Crippen LogP contribution is 2.60. The number of nitrogens with zero attached hydrogens (tertiary/aromatic N) is 3. The van der Waals surface area contributed by atoms with Gasteiger partial charge >= 0.3 is 5.97 Å². The molecule has 160 valence electrons. The third-order valence-corrected chi connectivity index (χ3v) is 9.16.